The van der Waals surface area contributed by atoms with Gasteiger partial charge in [-0.05, 0) is 50.0 Å². The molecule has 7 heteroatoms. The monoisotopic (exact) mass is 326 g/mol. The van der Waals surface area contributed by atoms with Gasteiger partial charge in [-0.2, -0.15) is 0 Å². The number of esters is 1. The Balaban J connectivity index is 2.27. The van der Waals surface area contributed by atoms with Crippen LogP contribution < -0.4 is 10.0 Å². The number of rotatable bonds is 4. The fourth-order valence-corrected chi connectivity index (χ4v) is 3.96. The molecule has 0 bridgehead atoms. The first-order valence-electron chi connectivity index (χ1n) is 7.27. The van der Waals surface area contributed by atoms with Crippen LogP contribution in [0.1, 0.15) is 29.3 Å². The lowest BCUT2D eigenvalue weighted by Crippen LogP contribution is -2.48. The number of methoxy groups -OCH3 is 1. The molecule has 0 amide bonds. The van der Waals surface area contributed by atoms with E-state index >= 15 is 0 Å². The minimum absolute atomic E-state index is 0.0873. The van der Waals surface area contributed by atoms with Gasteiger partial charge in [-0.25, -0.2) is 17.9 Å². The van der Waals surface area contributed by atoms with Gasteiger partial charge in [0.2, 0.25) is 10.0 Å². The maximum atomic E-state index is 12.5. The molecule has 1 saturated heterocycles. The summed E-state index contributed by atoms with van der Waals surface area (Å²) in [5.41, 5.74) is 0.949. The first kappa shape index (κ1) is 16.9. The van der Waals surface area contributed by atoms with Crippen molar-refractivity contribution < 1.29 is 17.9 Å². The lowest BCUT2D eigenvalue weighted by atomic mass is 9.97. The molecular weight excluding hydrogens is 304 g/mol. The van der Waals surface area contributed by atoms with E-state index in [1.165, 1.54) is 19.2 Å². The van der Waals surface area contributed by atoms with E-state index in [-0.39, 0.29) is 22.4 Å². The van der Waals surface area contributed by atoms with E-state index in [1.54, 1.807) is 13.0 Å². The van der Waals surface area contributed by atoms with Crippen molar-refractivity contribution in [2.45, 2.75) is 31.2 Å². The van der Waals surface area contributed by atoms with Gasteiger partial charge in [0.25, 0.3) is 0 Å². The average Bonchev–Trinajstić information content (AvgIpc) is 2.49. The smallest absolute Gasteiger partial charge is 0.338 e. The Morgan fingerprint density at radius 1 is 1.41 bits per heavy atom. The van der Waals surface area contributed by atoms with Crippen molar-refractivity contribution in [3.63, 3.8) is 0 Å². The molecule has 0 aliphatic carbocycles. The molecule has 1 aromatic carbocycles. The van der Waals surface area contributed by atoms with Gasteiger partial charge < -0.3 is 10.1 Å². The lowest BCUT2D eigenvalue weighted by Gasteiger charge is -2.30. The normalized spacial score (nSPS) is 22.3. The molecule has 1 heterocycles. The summed E-state index contributed by atoms with van der Waals surface area (Å²) in [6.45, 7) is 5.33. The van der Waals surface area contributed by atoms with Crippen LogP contribution in [0.15, 0.2) is 23.1 Å². The fourth-order valence-electron chi connectivity index (χ4n) is 2.55. The van der Waals surface area contributed by atoms with Crippen molar-refractivity contribution in [3.05, 3.63) is 29.3 Å². The number of ether oxygens (including phenoxy) is 1. The number of aryl methyl sites for hydroxylation is 1. The molecule has 1 fully saturated rings. The van der Waals surface area contributed by atoms with Crippen LogP contribution >= 0.6 is 0 Å². The summed E-state index contributed by atoms with van der Waals surface area (Å²) in [5, 5.41) is 3.23. The third-order valence-corrected chi connectivity index (χ3v) is 5.50. The highest BCUT2D eigenvalue weighted by molar-refractivity contribution is 7.89. The summed E-state index contributed by atoms with van der Waals surface area (Å²) < 4.78 is 32.5. The number of benzene rings is 1. The van der Waals surface area contributed by atoms with Crippen LogP contribution in [-0.4, -0.2) is 40.6 Å². The topological polar surface area (TPSA) is 84.5 Å². The number of carbonyl (C=O) groups is 1. The SMILES string of the molecule is COC(=O)c1cc(S(=O)(=O)NC2CCNCC2C)ccc1C. The van der Waals surface area contributed by atoms with Gasteiger partial charge >= 0.3 is 5.97 Å². The van der Waals surface area contributed by atoms with E-state index in [0.717, 1.165) is 19.5 Å². The average molecular weight is 326 g/mol. The lowest BCUT2D eigenvalue weighted by molar-refractivity contribution is 0.0599. The third kappa shape index (κ3) is 3.66. The highest BCUT2D eigenvalue weighted by Gasteiger charge is 2.27. The number of piperidine rings is 1. The van der Waals surface area contributed by atoms with Crippen molar-refractivity contribution in [2.24, 2.45) is 5.92 Å². The highest BCUT2D eigenvalue weighted by Crippen LogP contribution is 2.19. The van der Waals surface area contributed by atoms with Crippen molar-refractivity contribution in [3.8, 4) is 0 Å². The first-order chi connectivity index (χ1) is 10.3. The van der Waals surface area contributed by atoms with Gasteiger partial charge in [0.15, 0.2) is 0 Å². The van der Waals surface area contributed by atoms with Gasteiger partial charge in [0.1, 0.15) is 0 Å². The zero-order valence-corrected chi connectivity index (χ0v) is 13.9. The van der Waals surface area contributed by atoms with Crippen molar-refractivity contribution >= 4 is 16.0 Å². The molecule has 1 aliphatic heterocycles. The largest absolute Gasteiger partial charge is 0.465 e. The summed E-state index contributed by atoms with van der Waals surface area (Å²) in [5.74, 6) is -0.321. The molecular formula is C15H22N2O4S. The van der Waals surface area contributed by atoms with Crippen LogP contribution in [0.4, 0.5) is 0 Å². The molecule has 2 atom stereocenters. The van der Waals surface area contributed by atoms with E-state index in [2.05, 4.69) is 14.8 Å². The van der Waals surface area contributed by atoms with E-state index < -0.39 is 16.0 Å². The summed E-state index contributed by atoms with van der Waals surface area (Å²) >= 11 is 0. The number of hydrogen-bond acceptors (Lipinski definition) is 5. The molecule has 0 radical (unpaired) electrons. The summed E-state index contributed by atoms with van der Waals surface area (Å²) in [4.78, 5) is 11.8. The van der Waals surface area contributed by atoms with Gasteiger partial charge in [-0.3, -0.25) is 0 Å². The Morgan fingerprint density at radius 3 is 2.77 bits per heavy atom. The first-order valence-corrected chi connectivity index (χ1v) is 8.75. The maximum Gasteiger partial charge on any atom is 0.338 e. The zero-order chi connectivity index (χ0) is 16.3. The van der Waals surface area contributed by atoms with E-state index in [0.29, 0.717) is 5.56 Å². The maximum absolute atomic E-state index is 12.5. The number of sulfonamides is 1. The predicted octanol–water partition coefficient (Wildman–Crippen LogP) is 1.06. The van der Waals surface area contributed by atoms with Gasteiger partial charge in [0, 0.05) is 6.04 Å². The van der Waals surface area contributed by atoms with Crippen LogP contribution in [0.25, 0.3) is 0 Å². The van der Waals surface area contributed by atoms with E-state index in [9.17, 15) is 13.2 Å². The Morgan fingerprint density at radius 2 is 2.14 bits per heavy atom. The molecule has 0 spiro atoms. The van der Waals surface area contributed by atoms with Crippen LogP contribution in [0.3, 0.4) is 0 Å². The third-order valence-electron chi connectivity index (χ3n) is 4.02. The predicted molar refractivity (Wildman–Crippen MR) is 83.3 cm³/mol. The molecule has 22 heavy (non-hydrogen) atoms. The molecule has 6 nitrogen and oxygen atoms in total. The zero-order valence-electron chi connectivity index (χ0n) is 13.0. The van der Waals surface area contributed by atoms with Gasteiger partial charge in [-0.15, -0.1) is 0 Å². The molecule has 2 N–H and O–H groups in total. The highest BCUT2D eigenvalue weighted by atomic mass is 32.2. The fraction of sp³-hybridized carbons (Fsp3) is 0.533. The Bertz CT molecular complexity index is 658. The van der Waals surface area contributed by atoms with Crippen molar-refractivity contribution in [1.29, 1.82) is 0 Å². The summed E-state index contributed by atoms with van der Waals surface area (Å²) in [7, 11) is -2.38. The number of hydrogen-bond donors (Lipinski definition) is 2. The molecule has 2 unspecified atom stereocenters. The Kier molecular flexibility index (Phi) is 5.20. The Labute approximate surface area is 131 Å². The van der Waals surface area contributed by atoms with E-state index in [4.69, 9.17) is 0 Å². The van der Waals surface area contributed by atoms with Gasteiger partial charge in [-0.1, -0.05) is 13.0 Å². The quantitative estimate of drug-likeness (QED) is 0.808. The standard InChI is InChI=1S/C15H22N2O4S/c1-10-4-5-12(8-13(10)15(18)21-3)22(19,20)17-14-6-7-16-9-11(14)2/h4-5,8,11,14,16-17H,6-7,9H2,1-3H3. The minimum Gasteiger partial charge on any atom is -0.465 e. The molecule has 1 aliphatic rings. The molecule has 1 aromatic rings. The molecule has 2 rings (SSSR count). The van der Waals surface area contributed by atoms with Crippen LogP contribution in [0.5, 0.6) is 0 Å². The number of carbonyl (C=O) groups excluding carboxylic acids is 1. The minimum atomic E-state index is -3.66. The van der Waals surface area contributed by atoms with Crippen LogP contribution in [0.2, 0.25) is 0 Å². The summed E-state index contributed by atoms with van der Waals surface area (Å²) in [6.07, 6.45) is 0.746. The molecule has 122 valence electrons. The van der Waals surface area contributed by atoms with Crippen LogP contribution in [-0.2, 0) is 14.8 Å². The van der Waals surface area contributed by atoms with Crippen LogP contribution in [0, 0.1) is 12.8 Å². The second-order valence-electron chi connectivity index (χ2n) is 5.67. The van der Waals surface area contributed by atoms with E-state index in [1.807, 2.05) is 6.92 Å². The molecule has 0 saturated carbocycles. The van der Waals surface area contributed by atoms with Gasteiger partial charge in [0.05, 0.1) is 17.6 Å². The second kappa shape index (κ2) is 6.76. The second-order valence-corrected chi connectivity index (χ2v) is 7.38. The van der Waals surface area contributed by atoms with Crippen molar-refractivity contribution in [2.75, 3.05) is 20.2 Å². The Hall–Kier alpha value is -1.44. The number of nitrogens with one attached hydrogen (secondary N) is 2. The van der Waals surface area contributed by atoms with Crippen molar-refractivity contribution in [1.82, 2.24) is 10.0 Å². The summed E-state index contributed by atoms with van der Waals surface area (Å²) in [6, 6.07) is 4.40. The molecule has 0 aromatic heterocycles.